The van der Waals surface area contributed by atoms with Gasteiger partial charge in [0.15, 0.2) is 12.5 Å². The van der Waals surface area contributed by atoms with Gasteiger partial charge in [0.05, 0.1) is 0 Å². The van der Waals surface area contributed by atoms with Crippen molar-refractivity contribution in [2.45, 2.75) is 64.8 Å². The van der Waals surface area contributed by atoms with E-state index in [9.17, 15) is 19.8 Å². The molecule has 0 saturated heterocycles. The highest BCUT2D eigenvalue weighted by molar-refractivity contribution is 5.65. The molecular formula is C12H25N3O6. The van der Waals surface area contributed by atoms with Gasteiger partial charge in [0.25, 0.3) is 0 Å². The third-order valence-electron chi connectivity index (χ3n) is 2.62. The molecule has 0 aliphatic carbocycles. The molecule has 0 saturated carbocycles. The minimum atomic E-state index is -1.23. The highest BCUT2D eigenvalue weighted by Crippen LogP contribution is 2.26. The lowest BCUT2D eigenvalue weighted by Crippen LogP contribution is -2.62. The summed E-state index contributed by atoms with van der Waals surface area (Å²) in [6.45, 7) is 7.89. The second-order valence-electron chi connectivity index (χ2n) is 5.71. The van der Waals surface area contributed by atoms with Gasteiger partial charge in [-0.25, -0.2) is 14.5 Å². The van der Waals surface area contributed by atoms with E-state index in [2.05, 4.69) is 0 Å². The molecule has 4 atom stereocenters. The fourth-order valence-corrected chi connectivity index (χ4v) is 1.92. The Hall–Kier alpha value is -1.58. The molecule has 0 bridgehead atoms. The fourth-order valence-electron chi connectivity index (χ4n) is 1.92. The Morgan fingerprint density at radius 2 is 1.24 bits per heavy atom. The van der Waals surface area contributed by atoms with Gasteiger partial charge in [-0.1, -0.05) is 0 Å². The number of hydrogen-bond acceptors (Lipinski definition) is 7. The number of nitrogens with two attached hydrogens (primary N) is 2. The molecule has 9 heteroatoms. The summed E-state index contributed by atoms with van der Waals surface area (Å²) in [5.74, 6) is 0. The Labute approximate surface area is 123 Å². The molecule has 0 aliphatic rings. The number of amides is 2. The van der Waals surface area contributed by atoms with Crippen molar-refractivity contribution in [2.24, 2.45) is 11.5 Å². The van der Waals surface area contributed by atoms with Crippen LogP contribution >= 0.6 is 0 Å². The Kier molecular flexibility index (Phi) is 6.88. The van der Waals surface area contributed by atoms with Crippen LogP contribution in [0.3, 0.4) is 0 Å². The first-order chi connectivity index (χ1) is 9.37. The molecule has 0 aromatic carbocycles. The molecule has 0 heterocycles. The molecule has 2 amide bonds. The van der Waals surface area contributed by atoms with Crippen LogP contribution in [0.5, 0.6) is 0 Å². The van der Waals surface area contributed by atoms with Crippen LogP contribution < -0.4 is 11.5 Å². The van der Waals surface area contributed by atoms with E-state index >= 15 is 0 Å². The van der Waals surface area contributed by atoms with Crippen molar-refractivity contribution in [1.82, 2.24) is 4.90 Å². The maximum absolute atomic E-state index is 11.0. The van der Waals surface area contributed by atoms with E-state index in [1.807, 2.05) is 0 Å². The van der Waals surface area contributed by atoms with Crippen LogP contribution in [-0.2, 0) is 9.47 Å². The van der Waals surface area contributed by atoms with Gasteiger partial charge >= 0.3 is 12.2 Å². The zero-order chi connectivity index (χ0) is 17.0. The number of nitrogens with zero attached hydrogens (tertiary/aromatic N) is 1. The zero-order valence-electron chi connectivity index (χ0n) is 12.9. The number of aliphatic hydroxyl groups is 2. The third-order valence-corrected chi connectivity index (χ3v) is 2.62. The molecule has 0 rings (SSSR count). The summed E-state index contributed by atoms with van der Waals surface area (Å²) in [4.78, 5) is 23.4. The number of carbonyl (C=O) groups is 2. The minimum absolute atomic E-state index is 0.756. The maximum Gasteiger partial charge on any atom is 0.406 e. The summed E-state index contributed by atoms with van der Waals surface area (Å²) in [5, 5.41) is 19.7. The quantitative estimate of drug-likeness (QED) is 0.492. The van der Waals surface area contributed by atoms with Gasteiger partial charge in [-0.3, -0.25) is 0 Å². The summed E-state index contributed by atoms with van der Waals surface area (Å²) >= 11 is 0. The molecule has 2 unspecified atom stereocenters. The average Bonchev–Trinajstić information content (AvgIpc) is 2.23. The van der Waals surface area contributed by atoms with Crippen LogP contribution in [0.25, 0.3) is 0 Å². The van der Waals surface area contributed by atoms with Gasteiger partial charge in [-0.2, -0.15) is 0 Å². The van der Waals surface area contributed by atoms with E-state index in [-0.39, 0.29) is 0 Å². The van der Waals surface area contributed by atoms with Gasteiger partial charge in [0.1, 0.15) is 12.2 Å². The van der Waals surface area contributed by atoms with E-state index in [1.54, 1.807) is 20.8 Å². The fraction of sp³-hybridized carbons (Fsp3) is 0.833. The van der Waals surface area contributed by atoms with E-state index < -0.39 is 42.4 Å². The van der Waals surface area contributed by atoms with Crippen LogP contribution in [0.15, 0.2) is 0 Å². The first kappa shape index (κ1) is 19.4. The summed E-state index contributed by atoms with van der Waals surface area (Å²) in [7, 11) is 0. The van der Waals surface area contributed by atoms with Gasteiger partial charge in [-0.15, -0.1) is 0 Å². The van der Waals surface area contributed by atoms with Gasteiger partial charge in [0, 0.05) is 5.54 Å². The predicted octanol–water partition coefficient (Wildman–Crippen LogP) is -0.309. The van der Waals surface area contributed by atoms with Crippen LogP contribution in [0, 0.1) is 0 Å². The van der Waals surface area contributed by atoms with Crippen molar-refractivity contribution < 1.29 is 29.3 Å². The summed E-state index contributed by atoms with van der Waals surface area (Å²) < 4.78 is 9.77. The van der Waals surface area contributed by atoms with E-state index in [0.29, 0.717) is 0 Å². The van der Waals surface area contributed by atoms with Crippen LogP contribution in [0.2, 0.25) is 0 Å². The number of hydrogen-bond donors (Lipinski definition) is 4. The van der Waals surface area contributed by atoms with Crippen molar-refractivity contribution >= 4 is 12.2 Å². The molecule has 6 N–H and O–H groups in total. The third kappa shape index (κ3) is 6.15. The Morgan fingerprint density at radius 1 is 0.952 bits per heavy atom. The lowest BCUT2D eigenvalue weighted by atomic mass is 10.0. The number of ether oxygens (including phenoxy) is 2. The molecule has 0 spiro atoms. The smallest absolute Gasteiger partial charge is 0.406 e. The maximum atomic E-state index is 11.0. The van der Waals surface area contributed by atoms with E-state index in [0.717, 1.165) is 0 Å². The Balaban J connectivity index is 5.69. The normalized spacial score (nSPS) is 17.7. The molecule has 124 valence electrons. The largest absolute Gasteiger partial charge is 0.427 e. The van der Waals surface area contributed by atoms with Crippen molar-refractivity contribution in [3.8, 4) is 0 Å². The number of aliphatic hydroxyl groups excluding tert-OH is 2. The minimum Gasteiger partial charge on any atom is -0.427 e. The van der Waals surface area contributed by atoms with Gasteiger partial charge < -0.3 is 31.2 Å². The number of carbonyl (C=O) groups excluding carboxylic acids is 2. The highest BCUT2D eigenvalue weighted by atomic mass is 16.6. The molecule has 0 radical (unpaired) electrons. The lowest BCUT2D eigenvalue weighted by Gasteiger charge is -2.46. The van der Waals surface area contributed by atoms with Crippen molar-refractivity contribution in [3.05, 3.63) is 0 Å². The molecule has 0 aromatic heterocycles. The SMILES string of the molecule is C[C@@H](O)C(OC(N)=O)N(C(OC(N)=O)[C@@H](C)O)C(C)(C)C. The lowest BCUT2D eigenvalue weighted by molar-refractivity contribution is -0.201. The molecule has 0 aromatic rings. The van der Waals surface area contributed by atoms with Crippen LogP contribution in [0.1, 0.15) is 34.6 Å². The van der Waals surface area contributed by atoms with Crippen LogP contribution in [-0.4, -0.2) is 57.5 Å². The zero-order valence-corrected chi connectivity index (χ0v) is 12.9. The van der Waals surface area contributed by atoms with Crippen molar-refractivity contribution in [3.63, 3.8) is 0 Å². The van der Waals surface area contributed by atoms with Gasteiger partial charge in [-0.05, 0) is 34.6 Å². The van der Waals surface area contributed by atoms with E-state index in [4.69, 9.17) is 20.9 Å². The first-order valence-corrected chi connectivity index (χ1v) is 6.44. The molecule has 0 aliphatic heterocycles. The standard InChI is InChI=1S/C12H25N3O6/c1-6(16)8(20-10(13)18)15(12(3,4)5)9(7(2)17)21-11(14)19/h6-9,16-17H,1-5H3,(H2,13,18)(H2,14,19)/t6-,7-,8?,9?/m1/s1. The molecule has 0 fully saturated rings. The predicted molar refractivity (Wildman–Crippen MR) is 73.9 cm³/mol. The highest BCUT2D eigenvalue weighted by Gasteiger charge is 2.43. The summed E-state index contributed by atoms with van der Waals surface area (Å²) in [6.07, 6.45) is -7.01. The number of rotatable bonds is 6. The summed E-state index contributed by atoms with van der Waals surface area (Å²) in [6, 6.07) is 0. The molecule has 9 nitrogen and oxygen atoms in total. The molecule has 21 heavy (non-hydrogen) atoms. The first-order valence-electron chi connectivity index (χ1n) is 6.44. The Morgan fingerprint density at radius 3 is 1.38 bits per heavy atom. The van der Waals surface area contributed by atoms with E-state index in [1.165, 1.54) is 18.7 Å². The monoisotopic (exact) mass is 307 g/mol. The van der Waals surface area contributed by atoms with Crippen molar-refractivity contribution in [1.29, 1.82) is 0 Å². The average molecular weight is 307 g/mol. The van der Waals surface area contributed by atoms with Gasteiger partial charge in [0.2, 0.25) is 0 Å². The number of primary amides is 2. The second kappa shape index (κ2) is 7.43. The van der Waals surface area contributed by atoms with Crippen molar-refractivity contribution in [2.75, 3.05) is 0 Å². The summed E-state index contributed by atoms with van der Waals surface area (Å²) in [5.41, 5.74) is 9.24. The molecular weight excluding hydrogens is 282 g/mol. The second-order valence-corrected chi connectivity index (χ2v) is 5.71. The Bertz CT molecular complexity index is 338. The topological polar surface area (TPSA) is 148 Å². The van der Waals surface area contributed by atoms with Crippen LogP contribution in [0.4, 0.5) is 9.59 Å².